The van der Waals surface area contributed by atoms with Crippen molar-refractivity contribution in [1.29, 1.82) is 0 Å². The highest BCUT2D eigenvalue weighted by Gasteiger charge is 2.30. The Balaban J connectivity index is 2.45. The Bertz CT molecular complexity index is 1090. The predicted octanol–water partition coefficient (Wildman–Crippen LogP) is 3.89. The highest BCUT2D eigenvalue weighted by atomic mass is 79.9. The Hall–Kier alpha value is -2.39. The zero-order valence-electron chi connectivity index (χ0n) is 19.7. The Morgan fingerprint density at radius 3 is 2.30 bits per heavy atom. The number of benzene rings is 2. The van der Waals surface area contributed by atoms with Crippen molar-refractivity contribution in [2.24, 2.45) is 0 Å². The lowest BCUT2D eigenvalue weighted by molar-refractivity contribution is -0.139. The number of para-hydroxylation sites is 1. The normalized spacial score (nSPS) is 12.3. The van der Waals surface area contributed by atoms with Crippen molar-refractivity contribution in [3.05, 3.63) is 64.1 Å². The number of carbonyl (C=O) groups is 2. The fourth-order valence-electron chi connectivity index (χ4n) is 3.53. The van der Waals surface area contributed by atoms with E-state index < -0.39 is 28.5 Å². The van der Waals surface area contributed by atoms with Crippen LogP contribution >= 0.6 is 15.9 Å². The van der Waals surface area contributed by atoms with E-state index in [9.17, 15) is 18.0 Å². The Kier molecular flexibility index (Phi) is 9.48. The van der Waals surface area contributed by atoms with E-state index in [-0.39, 0.29) is 18.4 Å². The molecule has 1 N–H and O–H groups in total. The highest BCUT2D eigenvalue weighted by molar-refractivity contribution is 9.10. The standard InChI is InChI=1S/C24H32BrN3O4S/c1-6-26-24(30)18(4)27(15-19-10-9-11-20(25)14-19)23(29)16-28(33(5,31)32)22-13-8-7-12-21(22)17(2)3/h7-14,17-18H,6,15-16H2,1-5H3,(H,26,30). The second-order valence-electron chi connectivity index (χ2n) is 8.21. The average molecular weight is 539 g/mol. The van der Waals surface area contributed by atoms with Gasteiger partial charge in [0, 0.05) is 17.6 Å². The zero-order chi connectivity index (χ0) is 24.8. The van der Waals surface area contributed by atoms with Gasteiger partial charge in [0.15, 0.2) is 0 Å². The molecule has 0 radical (unpaired) electrons. The molecule has 0 saturated carbocycles. The van der Waals surface area contributed by atoms with Crippen molar-refractivity contribution in [1.82, 2.24) is 10.2 Å². The maximum absolute atomic E-state index is 13.5. The first-order valence-corrected chi connectivity index (χ1v) is 13.5. The minimum absolute atomic E-state index is 0.0626. The van der Waals surface area contributed by atoms with Crippen molar-refractivity contribution in [3.63, 3.8) is 0 Å². The van der Waals surface area contributed by atoms with Gasteiger partial charge in [-0.2, -0.15) is 0 Å². The average Bonchev–Trinajstić information content (AvgIpc) is 2.74. The summed E-state index contributed by atoms with van der Waals surface area (Å²) in [4.78, 5) is 27.5. The summed E-state index contributed by atoms with van der Waals surface area (Å²) in [7, 11) is -3.76. The molecule has 2 aromatic carbocycles. The number of hydrogen-bond donors (Lipinski definition) is 1. The minimum Gasteiger partial charge on any atom is -0.355 e. The summed E-state index contributed by atoms with van der Waals surface area (Å²) in [6.45, 7) is 7.59. The van der Waals surface area contributed by atoms with Crippen LogP contribution in [0.25, 0.3) is 0 Å². The smallest absolute Gasteiger partial charge is 0.244 e. The molecule has 1 unspecified atom stereocenters. The number of nitrogens with zero attached hydrogens (tertiary/aromatic N) is 2. The van der Waals surface area contributed by atoms with E-state index in [4.69, 9.17) is 0 Å². The Morgan fingerprint density at radius 2 is 1.73 bits per heavy atom. The molecule has 7 nitrogen and oxygen atoms in total. The van der Waals surface area contributed by atoms with Crippen molar-refractivity contribution in [2.75, 3.05) is 23.7 Å². The second kappa shape index (κ2) is 11.7. The molecule has 0 heterocycles. The second-order valence-corrected chi connectivity index (χ2v) is 11.0. The highest BCUT2D eigenvalue weighted by Crippen LogP contribution is 2.29. The van der Waals surface area contributed by atoms with E-state index in [1.807, 2.05) is 50.2 Å². The molecule has 2 aromatic rings. The molecule has 0 aromatic heterocycles. The van der Waals surface area contributed by atoms with E-state index in [0.29, 0.717) is 12.2 Å². The third kappa shape index (κ3) is 7.30. The number of hydrogen-bond acceptors (Lipinski definition) is 4. The summed E-state index contributed by atoms with van der Waals surface area (Å²) in [6.07, 6.45) is 1.09. The SMILES string of the molecule is CCNC(=O)C(C)N(Cc1cccc(Br)c1)C(=O)CN(c1ccccc1C(C)C)S(C)(=O)=O. The van der Waals surface area contributed by atoms with Gasteiger partial charge in [0.25, 0.3) is 0 Å². The van der Waals surface area contributed by atoms with Gasteiger partial charge in [0.1, 0.15) is 12.6 Å². The molecular formula is C24H32BrN3O4S. The number of sulfonamides is 1. The van der Waals surface area contributed by atoms with Gasteiger partial charge in [0.05, 0.1) is 11.9 Å². The van der Waals surface area contributed by atoms with Crippen LogP contribution in [0.1, 0.15) is 44.7 Å². The molecule has 0 spiro atoms. The summed E-state index contributed by atoms with van der Waals surface area (Å²) >= 11 is 3.43. The van der Waals surface area contributed by atoms with Gasteiger partial charge in [-0.25, -0.2) is 8.42 Å². The molecule has 2 rings (SSSR count). The fourth-order valence-corrected chi connectivity index (χ4v) is 4.85. The lowest BCUT2D eigenvalue weighted by Crippen LogP contribution is -2.51. The van der Waals surface area contributed by atoms with Gasteiger partial charge in [-0.15, -0.1) is 0 Å². The van der Waals surface area contributed by atoms with E-state index in [1.54, 1.807) is 26.0 Å². The van der Waals surface area contributed by atoms with Crippen LogP contribution in [-0.2, 0) is 26.2 Å². The van der Waals surface area contributed by atoms with Crippen molar-refractivity contribution >= 4 is 43.5 Å². The van der Waals surface area contributed by atoms with Gasteiger partial charge in [0.2, 0.25) is 21.8 Å². The third-order valence-corrected chi connectivity index (χ3v) is 6.89. The van der Waals surface area contributed by atoms with Crippen LogP contribution < -0.4 is 9.62 Å². The molecule has 0 aliphatic carbocycles. The number of rotatable bonds is 10. The Morgan fingerprint density at radius 1 is 1.06 bits per heavy atom. The molecule has 33 heavy (non-hydrogen) atoms. The lowest BCUT2D eigenvalue weighted by atomic mass is 10.0. The number of likely N-dealkylation sites (N-methyl/N-ethyl adjacent to an activating group) is 1. The number of carbonyl (C=O) groups excluding carboxylic acids is 2. The summed E-state index contributed by atoms with van der Waals surface area (Å²) < 4.78 is 27.5. The minimum atomic E-state index is -3.76. The molecule has 1 atom stereocenters. The van der Waals surface area contributed by atoms with Gasteiger partial charge >= 0.3 is 0 Å². The van der Waals surface area contributed by atoms with E-state index in [2.05, 4.69) is 21.2 Å². The molecule has 0 aliphatic rings. The topological polar surface area (TPSA) is 86.8 Å². The maximum atomic E-state index is 13.5. The monoisotopic (exact) mass is 537 g/mol. The number of nitrogens with one attached hydrogen (secondary N) is 1. The van der Waals surface area contributed by atoms with Crippen molar-refractivity contribution in [2.45, 2.75) is 46.2 Å². The third-order valence-electron chi connectivity index (χ3n) is 5.27. The number of halogens is 1. The van der Waals surface area contributed by atoms with Crippen LogP contribution in [0.3, 0.4) is 0 Å². The van der Waals surface area contributed by atoms with Crippen molar-refractivity contribution in [3.8, 4) is 0 Å². The first kappa shape index (κ1) is 26.9. The quantitative estimate of drug-likeness (QED) is 0.498. The molecule has 2 amide bonds. The first-order valence-electron chi connectivity index (χ1n) is 10.8. The van der Waals surface area contributed by atoms with Crippen LogP contribution in [0.2, 0.25) is 0 Å². The molecule has 0 fully saturated rings. The molecule has 0 aliphatic heterocycles. The summed E-state index contributed by atoms with van der Waals surface area (Å²) in [5.74, 6) is -0.695. The summed E-state index contributed by atoms with van der Waals surface area (Å²) in [6, 6.07) is 13.8. The molecule has 0 saturated heterocycles. The van der Waals surface area contributed by atoms with Gasteiger partial charge < -0.3 is 10.2 Å². The van der Waals surface area contributed by atoms with E-state index >= 15 is 0 Å². The van der Waals surface area contributed by atoms with Gasteiger partial charge in [-0.3, -0.25) is 13.9 Å². The fraction of sp³-hybridized carbons (Fsp3) is 0.417. The van der Waals surface area contributed by atoms with Crippen LogP contribution in [0.15, 0.2) is 53.0 Å². The largest absolute Gasteiger partial charge is 0.355 e. The van der Waals surface area contributed by atoms with Gasteiger partial charge in [-0.1, -0.05) is 60.1 Å². The zero-order valence-corrected chi connectivity index (χ0v) is 22.1. The maximum Gasteiger partial charge on any atom is 0.244 e. The lowest BCUT2D eigenvalue weighted by Gasteiger charge is -2.32. The van der Waals surface area contributed by atoms with Crippen LogP contribution in [0.4, 0.5) is 5.69 Å². The Labute approximate surface area is 205 Å². The molecule has 9 heteroatoms. The van der Waals surface area contributed by atoms with Gasteiger partial charge in [-0.05, 0) is 49.1 Å². The van der Waals surface area contributed by atoms with Crippen LogP contribution in [0.5, 0.6) is 0 Å². The molecule has 0 bridgehead atoms. The predicted molar refractivity (Wildman–Crippen MR) is 136 cm³/mol. The number of amides is 2. The molecular weight excluding hydrogens is 506 g/mol. The first-order chi connectivity index (χ1) is 15.5. The summed E-state index contributed by atoms with van der Waals surface area (Å²) in [5.41, 5.74) is 2.12. The molecule has 180 valence electrons. The van der Waals surface area contributed by atoms with Crippen LogP contribution in [-0.4, -0.2) is 50.5 Å². The summed E-state index contributed by atoms with van der Waals surface area (Å²) in [5, 5.41) is 2.74. The van der Waals surface area contributed by atoms with Crippen molar-refractivity contribution < 1.29 is 18.0 Å². The van der Waals surface area contributed by atoms with Crippen LogP contribution in [0, 0.1) is 0 Å². The number of anilines is 1. The van der Waals surface area contributed by atoms with E-state index in [1.165, 1.54) is 4.90 Å². The van der Waals surface area contributed by atoms with E-state index in [0.717, 1.165) is 26.2 Å².